The van der Waals surface area contributed by atoms with Crippen LogP contribution in [0.4, 0.5) is 15.8 Å². The van der Waals surface area contributed by atoms with Crippen molar-refractivity contribution in [1.29, 1.82) is 0 Å². The number of aromatic nitrogens is 1. The van der Waals surface area contributed by atoms with Crippen molar-refractivity contribution in [3.05, 3.63) is 42.5 Å². The van der Waals surface area contributed by atoms with Crippen LogP contribution in [0.25, 0.3) is 0 Å². The van der Waals surface area contributed by atoms with Crippen LogP contribution in [0, 0.1) is 11.7 Å². The molecule has 0 radical (unpaired) electrons. The van der Waals surface area contributed by atoms with Gasteiger partial charge in [-0.05, 0) is 24.3 Å². The van der Waals surface area contributed by atoms with Crippen LogP contribution in [0.2, 0.25) is 0 Å². The van der Waals surface area contributed by atoms with E-state index in [1.165, 1.54) is 41.6 Å². The fraction of sp³-hybridized carbons (Fsp3) is 0.214. The zero-order chi connectivity index (χ0) is 14.8. The van der Waals surface area contributed by atoms with Crippen molar-refractivity contribution in [2.45, 2.75) is 6.42 Å². The zero-order valence-electron chi connectivity index (χ0n) is 11.0. The van der Waals surface area contributed by atoms with Gasteiger partial charge in [0.15, 0.2) is 0 Å². The summed E-state index contributed by atoms with van der Waals surface area (Å²) in [5, 5.41) is 6.12. The molecule has 1 aliphatic heterocycles. The van der Waals surface area contributed by atoms with E-state index in [-0.39, 0.29) is 30.6 Å². The Balaban J connectivity index is 1.69. The largest absolute Gasteiger partial charge is 0.363 e. The molecule has 1 aliphatic rings. The number of hydrogen-bond acceptors (Lipinski definition) is 4. The van der Waals surface area contributed by atoms with Gasteiger partial charge in [0, 0.05) is 18.7 Å². The molecule has 2 heterocycles. The number of amides is 2. The van der Waals surface area contributed by atoms with Crippen LogP contribution in [-0.2, 0) is 9.59 Å². The number of rotatable bonds is 3. The van der Waals surface area contributed by atoms with Crippen LogP contribution in [0.1, 0.15) is 6.42 Å². The third-order valence-corrected chi connectivity index (χ3v) is 3.33. The minimum absolute atomic E-state index is 0.120. The maximum absolute atomic E-state index is 12.9. The first kappa shape index (κ1) is 13.3. The van der Waals surface area contributed by atoms with Crippen LogP contribution in [0.3, 0.4) is 0 Å². The van der Waals surface area contributed by atoms with Gasteiger partial charge in [-0.1, -0.05) is 5.16 Å². The summed E-state index contributed by atoms with van der Waals surface area (Å²) in [4.78, 5) is 25.6. The summed E-state index contributed by atoms with van der Waals surface area (Å²) in [7, 11) is 0. The van der Waals surface area contributed by atoms with E-state index in [0.29, 0.717) is 11.4 Å². The van der Waals surface area contributed by atoms with Crippen LogP contribution in [0.15, 0.2) is 41.2 Å². The second-order valence-electron chi connectivity index (χ2n) is 4.78. The number of benzene rings is 1. The fourth-order valence-electron chi connectivity index (χ4n) is 2.26. The third kappa shape index (κ3) is 2.76. The Bertz CT molecular complexity index is 655. The molecule has 0 aliphatic carbocycles. The number of halogens is 1. The fourth-order valence-corrected chi connectivity index (χ4v) is 2.26. The summed E-state index contributed by atoms with van der Waals surface area (Å²) >= 11 is 0. The van der Waals surface area contributed by atoms with Crippen molar-refractivity contribution in [3.63, 3.8) is 0 Å². The highest BCUT2D eigenvalue weighted by atomic mass is 19.1. The molecule has 0 bridgehead atoms. The molecular formula is C14H12FN3O3. The van der Waals surface area contributed by atoms with E-state index in [9.17, 15) is 14.0 Å². The smallest absolute Gasteiger partial charge is 0.229 e. The van der Waals surface area contributed by atoms with Crippen molar-refractivity contribution in [1.82, 2.24) is 5.16 Å². The standard InChI is InChI=1S/C14H12FN3O3/c15-10-1-3-12(4-2-10)18-7-9(5-13(18)19)14(20)17-11-6-16-21-8-11/h1-4,6,8-9H,5,7H2,(H,17,20). The zero-order valence-corrected chi connectivity index (χ0v) is 11.0. The monoisotopic (exact) mass is 289 g/mol. The van der Waals surface area contributed by atoms with Gasteiger partial charge in [0.2, 0.25) is 11.8 Å². The average molecular weight is 289 g/mol. The Morgan fingerprint density at radius 1 is 1.38 bits per heavy atom. The van der Waals surface area contributed by atoms with Gasteiger partial charge in [0.25, 0.3) is 0 Å². The Labute approximate surface area is 119 Å². The molecule has 1 aromatic heterocycles. The van der Waals surface area contributed by atoms with Crippen molar-refractivity contribution < 1.29 is 18.5 Å². The third-order valence-electron chi connectivity index (χ3n) is 3.33. The molecule has 0 saturated carbocycles. The van der Waals surface area contributed by atoms with E-state index in [1.54, 1.807) is 0 Å². The van der Waals surface area contributed by atoms with Gasteiger partial charge in [-0.2, -0.15) is 0 Å². The predicted octanol–water partition coefficient (Wildman–Crippen LogP) is 1.81. The molecule has 1 atom stereocenters. The molecular weight excluding hydrogens is 277 g/mol. The maximum Gasteiger partial charge on any atom is 0.229 e. The quantitative estimate of drug-likeness (QED) is 0.935. The van der Waals surface area contributed by atoms with Gasteiger partial charge in [-0.3, -0.25) is 9.59 Å². The highest BCUT2D eigenvalue weighted by Gasteiger charge is 2.35. The van der Waals surface area contributed by atoms with E-state index in [4.69, 9.17) is 0 Å². The number of anilines is 2. The van der Waals surface area contributed by atoms with E-state index in [0.717, 1.165) is 0 Å². The van der Waals surface area contributed by atoms with Crippen LogP contribution >= 0.6 is 0 Å². The number of hydrogen-bond donors (Lipinski definition) is 1. The summed E-state index contributed by atoms with van der Waals surface area (Å²) in [6.45, 7) is 0.265. The minimum atomic E-state index is -0.461. The van der Waals surface area contributed by atoms with E-state index in [2.05, 4.69) is 15.0 Å². The molecule has 7 heteroatoms. The van der Waals surface area contributed by atoms with Crippen LogP contribution in [0.5, 0.6) is 0 Å². The summed E-state index contributed by atoms with van der Waals surface area (Å²) in [6.07, 6.45) is 2.81. The number of nitrogens with one attached hydrogen (secondary N) is 1. The van der Waals surface area contributed by atoms with Crippen molar-refractivity contribution in [2.24, 2.45) is 5.92 Å². The van der Waals surface area contributed by atoms with Crippen molar-refractivity contribution in [3.8, 4) is 0 Å². The molecule has 6 nitrogen and oxygen atoms in total. The van der Waals surface area contributed by atoms with E-state index < -0.39 is 5.92 Å². The lowest BCUT2D eigenvalue weighted by atomic mass is 10.1. The lowest BCUT2D eigenvalue weighted by Crippen LogP contribution is -2.28. The molecule has 1 unspecified atom stereocenters. The number of carbonyl (C=O) groups is 2. The Morgan fingerprint density at radius 3 is 2.81 bits per heavy atom. The van der Waals surface area contributed by atoms with Gasteiger partial charge in [0.1, 0.15) is 17.8 Å². The molecule has 1 N–H and O–H groups in total. The topological polar surface area (TPSA) is 75.4 Å². The minimum Gasteiger partial charge on any atom is -0.363 e. The molecule has 21 heavy (non-hydrogen) atoms. The second kappa shape index (κ2) is 5.35. The summed E-state index contributed by atoms with van der Waals surface area (Å²) in [5.41, 5.74) is 1.04. The highest BCUT2D eigenvalue weighted by molar-refractivity contribution is 6.03. The Hall–Kier alpha value is -2.70. The molecule has 2 aromatic rings. The molecule has 1 fully saturated rings. The first-order valence-electron chi connectivity index (χ1n) is 6.39. The lowest BCUT2D eigenvalue weighted by molar-refractivity contribution is -0.122. The van der Waals surface area contributed by atoms with Crippen molar-refractivity contribution >= 4 is 23.2 Å². The lowest BCUT2D eigenvalue weighted by Gasteiger charge is -2.16. The van der Waals surface area contributed by atoms with Gasteiger partial charge in [-0.25, -0.2) is 4.39 Å². The van der Waals surface area contributed by atoms with Crippen LogP contribution in [-0.4, -0.2) is 23.5 Å². The Morgan fingerprint density at radius 2 is 2.14 bits per heavy atom. The SMILES string of the molecule is O=C(Nc1cnoc1)C1CC(=O)N(c2ccc(F)cc2)C1. The number of carbonyl (C=O) groups excluding carboxylic acids is 2. The average Bonchev–Trinajstić information content (AvgIpc) is 3.09. The molecule has 1 aromatic carbocycles. The van der Waals surface area contributed by atoms with Gasteiger partial charge in [0.05, 0.1) is 12.1 Å². The van der Waals surface area contributed by atoms with Gasteiger partial charge >= 0.3 is 0 Å². The summed E-state index contributed by atoms with van der Waals surface area (Å²) < 4.78 is 17.5. The molecule has 2 amide bonds. The normalized spacial score (nSPS) is 18.0. The van der Waals surface area contributed by atoms with Crippen LogP contribution < -0.4 is 10.2 Å². The van der Waals surface area contributed by atoms with E-state index in [1.807, 2.05) is 0 Å². The Kier molecular flexibility index (Phi) is 3.39. The van der Waals surface area contributed by atoms with E-state index >= 15 is 0 Å². The first-order chi connectivity index (χ1) is 10.1. The first-order valence-corrected chi connectivity index (χ1v) is 6.39. The number of nitrogens with zero attached hydrogens (tertiary/aromatic N) is 2. The molecule has 0 spiro atoms. The molecule has 3 rings (SSSR count). The maximum atomic E-state index is 12.9. The summed E-state index contributed by atoms with van der Waals surface area (Å²) in [5.74, 6) is -1.26. The second-order valence-corrected chi connectivity index (χ2v) is 4.78. The molecule has 108 valence electrons. The van der Waals surface area contributed by atoms with Crippen molar-refractivity contribution in [2.75, 3.05) is 16.8 Å². The summed E-state index contributed by atoms with van der Waals surface area (Å²) in [6, 6.07) is 5.61. The van der Waals surface area contributed by atoms with Gasteiger partial charge in [-0.15, -0.1) is 0 Å². The highest BCUT2D eigenvalue weighted by Crippen LogP contribution is 2.26. The van der Waals surface area contributed by atoms with Gasteiger partial charge < -0.3 is 14.7 Å². The predicted molar refractivity (Wildman–Crippen MR) is 72.0 cm³/mol. The molecule has 1 saturated heterocycles.